The summed E-state index contributed by atoms with van der Waals surface area (Å²) < 4.78 is 0. The zero-order valence-electron chi connectivity index (χ0n) is 15.0. The summed E-state index contributed by atoms with van der Waals surface area (Å²) in [6.07, 6.45) is 3.47. The standard InChI is InChI=1S/C22H19ClN4/c1-2-7-18-22(24)27-20(14-8-4-3-5-9-14)21(26-18)16-12-15-10-6-11-25-19(15)17(23)13-16/h3-6,8-13H,2,7H2,1H3,(H2,24,27). The molecule has 27 heavy (non-hydrogen) atoms. The molecule has 4 rings (SSSR count). The molecule has 0 unspecified atom stereocenters. The molecule has 0 amide bonds. The molecule has 134 valence electrons. The van der Waals surface area contributed by atoms with Gasteiger partial charge in [0.2, 0.25) is 0 Å². The lowest BCUT2D eigenvalue weighted by molar-refractivity contribution is 0.879. The average Bonchev–Trinajstić information content (AvgIpc) is 2.70. The molecule has 2 aromatic heterocycles. The van der Waals surface area contributed by atoms with Crippen LogP contribution < -0.4 is 5.73 Å². The molecule has 0 bridgehead atoms. The van der Waals surface area contributed by atoms with Crippen LogP contribution in [0.3, 0.4) is 0 Å². The van der Waals surface area contributed by atoms with E-state index < -0.39 is 0 Å². The molecule has 5 heteroatoms. The summed E-state index contributed by atoms with van der Waals surface area (Å²) in [4.78, 5) is 14.0. The molecule has 0 atom stereocenters. The Balaban J connectivity index is 1.99. The molecule has 0 fully saturated rings. The van der Waals surface area contributed by atoms with Crippen LogP contribution in [0.25, 0.3) is 33.4 Å². The first-order chi connectivity index (χ1) is 13.2. The number of hydrogen-bond acceptors (Lipinski definition) is 4. The normalized spacial score (nSPS) is 11.0. The first-order valence-corrected chi connectivity index (χ1v) is 9.31. The summed E-state index contributed by atoms with van der Waals surface area (Å²) in [5.41, 5.74) is 11.2. The number of fused-ring (bicyclic) bond motifs is 1. The van der Waals surface area contributed by atoms with Crippen LogP contribution in [-0.2, 0) is 6.42 Å². The topological polar surface area (TPSA) is 64.7 Å². The van der Waals surface area contributed by atoms with Gasteiger partial charge in [-0.25, -0.2) is 9.97 Å². The third-order valence-corrected chi connectivity index (χ3v) is 4.75. The summed E-state index contributed by atoms with van der Waals surface area (Å²) in [5.74, 6) is 0.480. The van der Waals surface area contributed by atoms with Crippen LogP contribution in [0.2, 0.25) is 5.02 Å². The van der Waals surface area contributed by atoms with Crippen molar-refractivity contribution in [3.05, 3.63) is 71.5 Å². The molecule has 2 aromatic carbocycles. The van der Waals surface area contributed by atoms with Gasteiger partial charge < -0.3 is 5.73 Å². The highest BCUT2D eigenvalue weighted by atomic mass is 35.5. The molecular formula is C22H19ClN4. The number of aryl methyl sites for hydroxylation is 1. The van der Waals surface area contributed by atoms with Gasteiger partial charge in [0.1, 0.15) is 5.82 Å². The van der Waals surface area contributed by atoms with E-state index in [0.717, 1.165) is 52.0 Å². The van der Waals surface area contributed by atoms with Crippen molar-refractivity contribution < 1.29 is 0 Å². The minimum atomic E-state index is 0.480. The smallest absolute Gasteiger partial charge is 0.145 e. The maximum absolute atomic E-state index is 6.51. The second-order valence-electron chi connectivity index (χ2n) is 6.40. The van der Waals surface area contributed by atoms with E-state index in [9.17, 15) is 0 Å². The molecule has 4 nitrogen and oxygen atoms in total. The minimum Gasteiger partial charge on any atom is -0.382 e. The maximum Gasteiger partial charge on any atom is 0.145 e. The van der Waals surface area contributed by atoms with Crippen LogP contribution in [0, 0.1) is 0 Å². The Hall–Kier alpha value is -2.98. The Morgan fingerprint density at radius 3 is 2.48 bits per heavy atom. The van der Waals surface area contributed by atoms with Crippen LogP contribution in [0.15, 0.2) is 60.8 Å². The van der Waals surface area contributed by atoms with Crippen molar-refractivity contribution in [1.82, 2.24) is 15.0 Å². The monoisotopic (exact) mass is 374 g/mol. The second kappa shape index (κ2) is 7.33. The van der Waals surface area contributed by atoms with E-state index >= 15 is 0 Å². The third kappa shape index (κ3) is 3.36. The maximum atomic E-state index is 6.51. The Morgan fingerprint density at radius 2 is 1.70 bits per heavy atom. The molecule has 2 heterocycles. The molecule has 0 saturated carbocycles. The zero-order chi connectivity index (χ0) is 18.8. The van der Waals surface area contributed by atoms with Gasteiger partial charge in [-0.3, -0.25) is 4.98 Å². The molecule has 0 aliphatic rings. The molecule has 4 aromatic rings. The van der Waals surface area contributed by atoms with E-state index in [2.05, 4.69) is 18.0 Å². The lowest BCUT2D eigenvalue weighted by Crippen LogP contribution is -2.05. The van der Waals surface area contributed by atoms with Crippen molar-refractivity contribution in [2.75, 3.05) is 5.73 Å². The molecule has 2 N–H and O–H groups in total. The molecular weight excluding hydrogens is 356 g/mol. The van der Waals surface area contributed by atoms with E-state index in [1.165, 1.54) is 0 Å². The first-order valence-electron chi connectivity index (χ1n) is 8.94. The van der Waals surface area contributed by atoms with Crippen LogP contribution in [0.5, 0.6) is 0 Å². The van der Waals surface area contributed by atoms with E-state index in [4.69, 9.17) is 27.3 Å². The number of pyridine rings is 1. The van der Waals surface area contributed by atoms with Crippen molar-refractivity contribution in [1.29, 1.82) is 0 Å². The fourth-order valence-corrected chi connectivity index (χ4v) is 3.46. The molecule has 0 aliphatic heterocycles. The number of hydrogen-bond donors (Lipinski definition) is 1. The fraction of sp³-hybridized carbons (Fsp3) is 0.136. The van der Waals surface area contributed by atoms with Crippen molar-refractivity contribution >= 4 is 28.3 Å². The van der Waals surface area contributed by atoms with Gasteiger partial charge in [0.25, 0.3) is 0 Å². The lowest BCUT2D eigenvalue weighted by atomic mass is 10.0. The van der Waals surface area contributed by atoms with Crippen molar-refractivity contribution in [2.24, 2.45) is 0 Å². The Bertz CT molecular complexity index is 1110. The fourth-order valence-electron chi connectivity index (χ4n) is 3.19. The van der Waals surface area contributed by atoms with E-state index in [1.54, 1.807) is 6.20 Å². The average molecular weight is 375 g/mol. The number of anilines is 1. The highest BCUT2D eigenvalue weighted by Gasteiger charge is 2.16. The minimum absolute atomic E-state index is 0.480. The van der Waals surface area contributed by atoms with Gasteiger partial charge in [-0.1, -0.05) is 61.3 Å². The van der Waals surface area contributed by atoms with Gasteiger partial charge in [0, 0.05) is 22.7 Å². The van der Waals surface area contributed by atoms with Crippen LogP contribution in [-0.4, -0.2) is 15.0 Å². The van der Waals surface area contributed by atoms with Crippen molar-refractivity contribution in [3.8, 4) is 22.5 Å². The quantitative estimate of drug-likeness (QED) is 0.508. The van der Waals surface area contributed by atoms with Gasteiger partial charge in [0.05, 0.1) is 27.6 Å². The summed E-state index contributed by atoms with van der Waals surface area (Å²) in [6, 6.07) is 17.8. The van der Waals surface area contributed by atoms with Gasteiger partial charge >= 0.3 is 0 Å². The van der Waals surface area contributed by atoms with E-state index in [-0.39, 0.29) is 0 Å². The largest absolute Gasteiger partial charge is 0.382 e. The number of rotatable bonds is 4. The second-order valence-corrected chi connectivity index (χ2v) is 6.81. The predicted octanol–water partition coefficient (Wildman–Crippen LogP) is 5.55. The van der Waals surface area contributed by atoms with Crippen molar-refractivity contribution in [3.63, 3.8) is 0 Å². The predicted molar refractivity (Wildman–Crippen MR) is 112 cm³/mol. The number of halogens is 1. The van der Waals surface area contributed by atoms with Gasteiger partial charge in [-0.2, -0.15) is 0 Å². The summed E-state index contributed by atoms with van der Waals surface area (Å²) in [7, 11) is 0. The molecule has 0 aliphatic carbocycles. The molecule has 0 radical (unpaired) electrons. The highest BCUT2D eigenvalue weighted by Crippen LogP contribution is 2.34. The summed E-state index contributed by atoms with van der Waals surface area (Å²) >= 11 is 6.51. The van der Waals surface area contributed by atoms with Gasteiger partial charge in [0.15, 0.2) is 0 Å². The van der Waals surface area contributed by atoms with E-state index in [0.29, 0.717) is 10.8 Å². The van der Waals surface area contributed by atoms with Gasteiger partial charge in [-0.15, -0.1) is 0 Å². The number of aromatic nitrogens is 3. The van der Waals surface area contributed by atoms with Crippen LogP contribution in [0.4, 0.5) is 5.82 Å². The summed E-state index contributed by atoms with van der Waals surface area (Å²) in [5, 5.41) is 1.56. The number of benzene rings is 2. The third-order valence-electron chi connectivity index (χ3n) is 4.46. The number of nitrogens with two attached hydrogens (primary N) is 1. The zero-order valence-corrected chi connectivity index (χ0v) is 15.7. The van der Waals surface area contributed by atoms with Gasteiger partial charge in [-0.05, 0) is 24.6 Å². The SMILES string of the molecule is CCCc1nc(-c2cc(Cl)c3ncccc3c2)c(-c2ccccc2)nc1N. The Labute approximate surface area is 163 Å². The van der Waals surface area contributed by atoms with Crippen LogP contribution in [0.1, 0.15) is 19.0 Å². The molecule has 0 saturated heterocycles. The van der Waals surface area contributed by atoms with Crippen LogP contribution >= 0.6 is 11.6 Å². The number of nitrogen functional groups attached to an aromatic ring is 1. The number of nitrogens with zero attached hydrogens (tertiary/aromatic N) is 3. The highest BCUT2D eigenvalue weighted by molar-refractivity contribution is 6.35. The van der Waals surface area contributed by atoms with Crippen molar-refractivity contribution in [2.45, 2.75) is 19.8 Å². The van der Waals surface area contributed by atoms with E-state index in [1.807, 2.05) is 48.5 Å². The summed E-state index contributed by atoms with van der Waals surface area (Å²) in [6.45, 7) is 2.10. The Kier molecular flexibility index (Phi) is 4.73. The Morgan fingerprint density at radius 1 is 0.926 bits per heavy atom. The lowest BCUT2D eigenvalue weighted by Gasteiger charge is -2.14. The molecule has 0 spiro atoms. The first kappa shape index (κ1) is 17.4.